The molecular weight excluding hydrogens is 276 g/mol. The van der Waals surface area contributed by atoms with Gasteiger partial charge in [0.25, 0.3) is 0 Å². The van der Waals surface area contributed by atoms with Crippen molar-refractivity contribution >= 4 is 23.2 Å². The van der Waals surface area contributed by atoms with Gasteiger partial charge in [0.05, 0.1) is 18.6 Å². The maximum Gasteiger partial charge on any atom is 0.224 e. The molecule has 20 heavy (non-hydrogen) atoms. The van der Waals surface area contributed by atoms with Gasteiger partial charge in [-0.25, -0.2) is 0 Å². The number of nitrogens with zero attached hydrogens (tertiary/aromatic N) is 1. The van der Waals surface area contributed by atoms with Crippen LogP contribution in [0.3, 0.4) is 0 Å². The highest BCUT2D eigenvalue weighted by molar-refractivity contribution is 6.21. The molecule has 1 aliphatic heterocycles. The lowest BCUT2D eigenvalue weighted by Gasteiger charge is -2.28. The fourth-order valence-electron chi connectivity index (χ4n) is 2.14. The molecule has 1 saturated heterocycles. The highest BCUT2D eigenvalue weighted by Crippen LogP contribution is 2.23. The summed E-state index contributed by atoms with van der Waals surface area (Å²) in [4.78, 5) is 13.6. The predicted octanol–water partition coefficient (Wildman–Crippen LogP) is 2.65. The molecule has 1 amide bonds. The smallest absolute Gasteiger partial charge is 0.224 e. The average molecular weight is 297 g/mol. The SMILES string of the molecule is CCC(=O)Nc1ccc(C(Cl)CN2CCOCC2)cc1. The first-order valence-corrected chi connectivity index (χ1v) is 7.46. The van der Waals surface area contributed by atoms with Crippen molar-refractivity contribution in [1.82, 2.24) is 4.90 Å². The molecule has 0 spiro atoms. The van der Waals surface area contributed by atoms with Crippen molar-refractivity contribution in [2.45, 2.75) is 18.7 Å². The molecule has 2 rings (SSSR count). The number of alkyl halides is 1. The monoisotopic (exact) mass is 296 g/mol. The third-order valence-corrected chi connectivity index (χ3v) is 3.79. The summed E-state index contributed by atoms with van der Waals surface area (Å²) in [7, 11) is 0. The number of morpholine rings is 1. The van der Waals surface area contributed by atoms with Crippen LogP contribution in [0.4, 0.5) is 5.69 Å². The summed E-state index contributed by atoms with van der Waals surface area (Å²) in [5.41, 5.74) is 1.89. The van der Waals surface area contributed by atoms with E-state index >= 15 is 0 Å². The molecule has 1 heterocycles. The van der Waals surface area contributed by atoms with Gasteiger partial charge in [0.2, 0.25) is 5.91 Å². The quantitative estimate of drug-likeness (QED) is 0.849. The summed E-state index contributed by atoms with van der Waals surface area (Å²) in [6, 6.07) is 7.75. The molecule has 0 aliphatic carbocycles. The summed E-state index contributed by atoms with van der Waals surface area (Å²) in [5.74, 6) is 0.0218. The lowest BCUT2D eigenvalue weighted by atomic mass is 10.1. The van der Waals surface area contributed by atoms with Gasteiger partial charge in [-0.2, -0.15) is 0 Å². The third-order valence-electron chi connectivity index (χ3n) is 3.40. The first-order valence-electron chi connectivity index (χ1n) is 7.03. The van der Waals surface area contributed by atoms with Crippen molar-refractivity contribution in [3.63, 3.8) is 0 Å². The number of benzene rings is 1. The largest absolute Gasteiger partial charge is 0.379 e. The van der Waals surface area contributed by atoms with Crippen LogP contribution < -0.4 is 5.32 Å². The van der Waals surface area contributed by atoms with Crippen LogP contribution in [0.15, 0.2) is 24.3 Å². The summed E-state index contributed by atoms with van der Waals surface area (Å²) in [6.07, 6.45) is 0.483. The minimum absolute atomic E-state index is 0.0218. The maximum atomic E-state index is 11.3. The maximum absolute atomic E-state index is 11.3. The summed E-state index contributed by atoms with van der Waals surface area (Å²) in [5, 5.41) is 2.79. The van der Waals surface area contributed by atoms with Crippen LogP contribution in [-0.4, -0.2) is 43.7 Å². The molecule has 0 radical (unpaired) electrons. The van der Waals surface area contributed by atoms with Crippen LogP contribution >= 0.6 is 11.6 Å². The molecule has 1 aliphatic rings. The van der Waals surface area contributed by atoms with Gasteiger partial charge in [0, 0.05) is 31.7 Å². The standard InChI is InChI=1S/C15H21ClN2O2/c1-2-15(19)17-13-5-3-12(4-6-13)14(16)11-18-7-9-20-10-8-18/h3-6,14H,2,7-11H2,1H3,(H,17,19). The van der Waals surface area contributed by atoms with Crippen LogP contribution in [0.25, 0.3) is 0 Å². The molecule has 1 aromatic carbocycles. The molecule has 0 saturated carbocycles. The molecular formula is C15H21ClN2O2. The van der Waals surface area contributed by atoms with E-state index in [1.165, 1.54) is 0 Å². The number of hydrogen-bond donors (Lipinski definition) is 1. The van der Waals surface area contributed by atoms with Crippen LogP contribution in [0.2, 0.25) is 0 Å². The number of rotatable bonds is 5. The first-order chi connectivity index (χ1) is 9.69. The molecule has 110 valence electrons. The second-order valence-corrected chi connectivity index (χ2v) is 5.43. The minimum atomic E-state index is -0.0379. The van der Waals surface area contributed by atoms with Crippen molar-refractivity contribution in [1.29, 1.82) is 0 Å². The molecule has 0 aromatic heterocycles. The van der Waals surface area contributed by atoms with Crippen molar-refractivity contribution in [2.75, 3.05) is 38.2 Å². The summed E-state index contributed by atoms with van der Waals surface area (Å²) in [6.45, 7) is 6.10. The zero-order valence-electron chi connectivity index (χ0n) is 11.8. The van der Waals surface area contributed by atoms with E-state index in [1.54, 1.807) is 0 Å². The normalized spacial score (nSPS) is 17.7. The van der Waals surface area contributed by atoms with Gasteiger partial charge in [-0.15, -0.1) is 11.6 Å². The van der Waals surface area contributed by atoms with Crippen LogP contribution in [-0.2, 0) is 9.53 Å². The minimum Gasteiger partial charge on any atom is -0.379 e. The van der Waals surface area contributed by atoms with Gasteiger partial charge in [0.1, 0.15) is 0 Å². The Bertz CT molecular complexity index is 430. The van der Waals surface area contributed by atoms with Crippen molar-refractivity contribution in [2.24, 2.45) is 0 Å². The number of hydrogen-bond acceptors (Lipinski definition) is 3. The average Bonchev–Trinajstić information content (AvgIpc) is 2.49. The van der Waals surface area contributed by atoms with Crippen LogP contribution in [0.1, 0.15) is 24.3 Å². The Balaban J connectivity index is 1.89. The second kappa shape index (κ2) is 7.62. The Morgan fingerprint density at radius 3 is 2.60 bits per heavy atom. The number of ether oxygens (including phenoxy) is 1. The van der Waals surface area contributed by atoms with E-state index in [1.807, 2.05) is 31.2 Å². The molecule has 1 fully saturated rings. The van der Waals surface area contributed by atoms with E-state index in [4.69, 9.17) is 16.3 Å². The van der Waals surface area contributed by atoms with Gasteiger partial charge in [-0.3, -0.25) is 9.69 Å². The summed E-state index contributed by atoms with van der Waals surface area (Å²) >= 11 is 6.46. The third kappa shape index (κ3) is 4.47. The summed E-state index contributed by atoms with van der Waals surface area (Å²) < 4.78 is 5.33. The molecule has 5 heteroatoms. The number of anilines is 1. The molecule has 1 aromatic rings. The Morgan fingerprint density at radius 2 is 2.00 bits per heavy atom. The fraction of sp³-hybridized carbons (Fsp3) is 0.533. The molecule has 0 bridgehead atoms. The van der Waals surface area contributed by atoms with Gasteiger partial charge in [0.15, 0.2) is 0 Å². The van der Waals surface area contributed by atoms with E-state index in [0.29, 0.717) is 6.42 Å². The van der Waals surface area contributed by atoms with E-state index in [-0.39, 0.29) is 11.3 Å². The van der Waals surface area contributed by atoms with Crippen molar-refractivity contribution in [3.8, 4) is 0 Å². The molecule has 1 unspecified atom stereocenters. The van der Waals surface area contributed by atoms with Crippen LogP contribution in [0.5, 0.6) is 0 Å². The fourth-order valence-corrected chi connectivity index (χ4v) is 2.48. The van der Waals surface area contributed by atoms with Crippen molar-refractivity contribution < 1.29 is 9.53 Å². The lowest BCUT2D eigenvalue weighted by molar-refractivity contribution is -0.115. The number of amides is 1. The molecule has 1 N–H and O–H groups in total. The zero-order chi connectivity index (χ0) is 14.4. The Morgan fingerprint density at radius 1 is 1.35 bits per heavy atom. The number of carbonyl (C=O) groups is 1. The number of carbonyl (C=O) groups excluding carboxylic acids is 1. The van der Waals surface area contributed by atoms with E-state index in [2.05, 4.69) is 10.2 Å². The highest BCUT2D eigenvalue weighted by Gasteiger charge is 2.16. The zero-order valence-corrected chi connectivity index (χ0v) is 12.5. The molecule has 1 atom stereocenters. The Kier molecular flexibility index (Phi) is 5.83. The van der Waals surface area contributed by atoms with Gasteiger partial charge in [-0.1, -0.05) is 19.1 Å². The van der Waals surface area contributed by atoms with Gasteiger partial charge in [-0.05, 0) is 17.7 Å². The van der Waals surface area contributed by atoms with Gasteiger partial charge < -0.3 is 10.1 Å². The predicted molar refractivity (Wildman–Crippen MR) is 81.2 cm³/mol. The van der Waals surface area contributed by atoms with E-state index < -0.39 is 0 Å². The second-order valence-electron chi connectivity index (χ2n) is 4.90. The van der Waals surface area contributed by atoms with Crippen LogP contribution in [0, 0.1) is 0 Å². The Hall–Kier alpha value is -1.10. The molecule has 4 nitrogen and oxygen atoms in total. The Labute approximate surface area is 125 Å². The number of nitrogens with one attached hydrogen (secondary N) is 1. The lowest BCUT2D eigenvalue weighted by Crippen LogP contribution is -2.38. The highest BCUT2D eigenvalue weighted by atomic mass is 35.5. The van der Waals surface area contributed by atoms with E-state index in [9.17, 15) is 4.79 Å². The van der Waals surface area contributed by atoms with E-state index in [0.717, 1.165) is 44.1 Å². The first kappa shape index (κ1) is 15.3. The van der Waals surface area contributed by atoms with Crippen molar-refractivity contribution in [3.05, 3.63) is 29.8 Å². The van der Waals surface area contributed by atoms with Gasteiger partial charge >= 0.3 is 0 Å². The topological polar surface area (TPSA) is 41.6 Å². The number of halogens is 1.